The first-order valence-electron chi connectivity index (χ1n) is 9.86. The number of sulfonamides is 1. The van der Waals surface area contributed by atoms with E-state index in [-0.39, 0.29) is 35.7 Å². The van der Waals surface area contributed by atoms with Crippen molar-refractivity contribution in [2.75, 3.05) is 13.1 Å². The molecule has 2 aromatic heterocycles. The largest absolute Gasteiger partial charge is 0.373 e. The van der Waals surface area contributed by atoms with E-state index in [2.05, 4.69) is 15.3 Å². The number of hydrogen-bond acceptors (Lipinski definition) is 8. The highest BCUT2D eigenvalue weighted by Crippen LogP contribution is 2.40. The number of para-hydroxylation sites is 1. The van der Waals surface area contributed by atoms with E-state index in [1.807, 2.05) is 44.2 Å². The number of hydrogen-bond donors (Lipinski definition) is 0. The molecule has 10 heteroatoms. The molecule has 0 spiro atoms. The van der Waals surface area contributed by atoms with Crippen molar-refractivity contribution in [2.45, 2.75) is 40.7 Å². The summed E-state index contributed by atoms with van der Waals surface area (Å²) in [5.41, 5.74) is 1.43. The van der Waals surface area contributed by atoms with Crippen molar-refractivity contribution < 1.29 is 17.8 Å². The summed E-state index contributed by atoms with van der Waals surface area (Å²) in [6, 6.07) is 13.2. The van der Waals surface area contributed by atoms with Crippen LogP contribution in [0.15, 0.2) is 68.0 Å². The molecule has 3 heterocycles. The van der Waals surface area contributed by atoms with Crippen LogP contribution in [0.1, 0.15) is 13.8 Å². The Kier molecular flexibility index (Phi) is 5.17. The molecule has 1 aliphatic heterocycles. The molecule has 0 N–H and O–H groups in total. The maximum Gasteiger partial charge on any atom is 0.246 e. The Balaban J connectivity index is 1.66. The third kappa shape index (κ3) is 3.69. The maximum absolute atomic E-state index is 13.8. The molecule has 4 aromatic rings. The van der Waals surface area contributed by atoms with Gasteiger partial charge in [-0.15, -0.1) is 0 Å². The van der Waals surface area contributed by atoms with Crippen molar-refractivity contribution >= 4 is 43.7 Å². The van der Waals surface area contributed by atoms with Gasteiger partial charge in [-0.25, -0.2) is 13.0 Å². The van der Waals surface area contributed by atoms with E-state index >= 15 is 0 Å². The second kappa shape index (κ2) is 7.86. The van der Waals surface area contributed by atoms with Gasteiger partial charge in [-0.05, 0) is 48.4 Å². The summed E-state index contributed by atoms with van der Waals surface area (Å²) in [6.07, 6.45) is 1.32. The molecule has 31 heavy (non-hydrogen) atoms. The minimum Gasteiger partial charge on any atom is -0.373 e. The van der Waals surface area contributed by atoms with Crippen molar-refractivity contribution in [3.63, 3.8) is 0 Å². The smallest absolute Gasteiger partial charge is 0.246 e. The fraction of sp³-hybridized carbons (Fsp3) is 0.286. The lowest BCUT2D eigenvalue weighted by Gasteiger charge is -2.34. The van der Waals surface area contributed by atoms with E-state index in [0.29, 0.717) is 10.4 Å². The van der Waals surface area contributed by atoms with Gasteiger partial charge in [-0.1, -0.05) is 30.0 Å². The summed E-state index contributed by atoms with van der Waals surface area (Å²) in [5.74, 6) is 0. The fourth-order valence-corrected chi connectivity index (χ4v) is 7.07. The zero-order valence-corrected chi connectivity index (χ0v) is 18.6. The second-order valence-electron chi connectivity index (χ2n) is 7.54. The van der Waals surface area contributed by atoms with Gasteiger partial charge >= 0.3 is 0 Å². The Morgan fingerprint density at radius 1 is 0.968 bits per heavy atom. The third-order valence-electron chi connectivity index (χ3n) is 5.14. The van der Waals surface area contributed by atoms with E-state index in [1.165, 1.54) is 16.1 Å². The highest BCUT2D eigenvalue weighted by atomic mass is 32.2. The summed E-state index contributed by atoms with van der Waals surface area (Å²) in [6.45, 7) is 4.28. The van der Waals surface area contributed by atoms with Crippen molar-refractivity contribution in [2.24, 2.45) is 0 Å². The van der Waals surface area contributed by atoms with Crippen LogP contribution in [-0.2, 0) is 14.8 Å². The third-order valence-corrected chi connectivity index (χ3v) is 8.29. The van der Waals surface area contributed by atoms with Crippen molar-refractivity contribution in [1.29, 1.82) is 0 Å². The molecule has 0 bridgehead atoms. The van der Waals surface area contributed by atoms with Crippen molar-refractivity contribution in [3.8, 4) is 0 Å². The van der Waals surface area contributed by atoms with Crippen LogP contribution in [0.4, 0.5) is 0 Å². The lowest BCUT2D eigenvalue weighted by Crippen LogP contribution is -2.48. The molecule has 1 fully saturated rings. The van der Waals surface area contributed by atoms with Gasteiger partial charge in [0.15, 0.2) is 5.52 Å². The molecule has 0 amide bonds. The summed E-state index contributed by atoms with van der Waals surface area (Å²) < 4.78 is 39.7. The van der Waals surface area contributed by atoms with Crippen LogP contribution in [0, 0.1) is 0 Å². The van der Waals surface area contributed by atoms with E-state index in [0.717, 1.165) is 15.8 Å². The zero-order valence-electron chi connectivity index (χ0n) is 16.9. The van der Waals surface area contributed by atoms with Crippen LogP contribution < -0.4 is 0 Å². The van der Waals surface area contributed by atoms with Crippen molar-refractivity contribution in [3.05, 3.63) is 48.7 Å². The van der Waals surface area contributed by atoms with Crippen molar-refractivity contribution in [1.82, 2.24) is 19.6 Å². The Labute approximate surface area is 183 Å². The molecule has 1 aliphatic rings. The van der Waals surface area contributed by atoms with Gasteiger partial charge in [0, 0.05) is 34.5 Å². The monoisotopic (exact) mass is 456 g/mol. The number of fused-ring (bicyclic) bond motifs is 2. The number of ether oxygens (including phenoxy) is 1. The molecule has 5 rings (SSSR count). The predicted molar refractivity (Wildman–Crippen MR) is 116 cm³/mol. The van der Waals surface area contributed by atoms with Crippen LogP contribution >= 0.6 is 11.8 Å². The maximum atomic E-state index is 13.8. The summed E-state index contributed by atoms with van der Waals surface area (Å²) >= 11 is 1.35. The number of aromatic nitrogens is 3. The standard InChI is InChI=1S/C21H20N4O4S2/c1-13-11-25(12-14(2)28-13)31(26,27)21-18(9-8-16-20(21)24-29-23-16)30-17-7-3-5-15-6-4-10-22-19(15)17/h3-10,13-14H,11-12H2,1-2H3. The van der Waals surface area contributed by atoms with E-state index in [9.17, 15) is 8.42 Å². The van der Waals surface area contributed by atoms with Gasteiger partial charge < -0.3 is 4.74 Å². The number of rotatable bonds is 4. The van der Waals surface area contributed by atoms with Gasteiger partial charge in [-0.3, -0.25) is 4.98 Å². The average molecular weight is 457 g/mol. The Morgan fingerprint density at radius 3 is 2.55 bits per heavy atom. The summed E-state index contributed by atoms with van der Waals surface area (Å²) in [7, 11) is -3.88. The highest BCUT2D eigenvalue weighted by Gasteiger charge is 2.36. The number of pyridine rings is 1. The van der Waals surface area contributed by atoms with Crippen LogP contribution in [0.5, 0.6) is 0 Å². The van der Waals surface area contributed by atoms with Crippen LogP contribution in [0.2, 0.25) is 0 Å². The van der Waals surface area contributed by atoms with Gasteiger partial charge in [0.05, 0.1) is 17.7 Å². The lowest BCUT2D eigenvalue weighted by molar-refractivity contribution is -0.0441. The molecule has 2 atom stereocenters. The number of morpholine rings is 1. The topological polar surface area (TPSA) is 98.4 Å². The fourth-order valence-electron chi connectivity index (χ4n) is 3.87. The molecular weight excluding hydrogens is 436 g/mol. The molecule has 160 valence electrons. The first-order valence-corrected chi connectivity index (χ1v) is 12.1. The zero-order chi connectivity index (χ0) is 21.6. The van der Waals surface area contributed by atoms with Gasteiger partial charge in [0.1, 0.15) is 10.4 Å². The second-order valence-corrected chi connectivity index (χ2v) is 10.5. The highest BCUT2D eigenvalue weighted by molar-refractivity contribution is 8.00. The van der Waals surface area contributed by atoms with E-state index in [4.69, 9.17) is 9.37 Å². The number of benzene rings is 2. The summed E-state index contributed by atoms with van der Waals surface area (Å²) in [4.78, 5) is 5.99. The normalized spacial score (nSPS) is 20.5. The summed E-state index contributed by atoms with van der Waals surface area (Å²) in [5, 5.41) is 8.76. The first kappa shape index (κ1) is 20.4. The Hall–Kier alpha value is -2.53. The van der Waals surface area contributed by atoms with E-state index in [1.54, 1.807) is 18.3 Å². The van der Waals surface area contributed by atoms with Gasteiger partial charge in [0.25, 0.3) is 0 Å². The molecule has 2 unspecified atom stereocenters. The molecule has 2 aromatic carbocycles. The van der Waals surface area contributed by atoms with Crippen LogP contribution in [0.25, 0.3) is 21.9 Å². The molecular formula is C21H20N4O4S2. The quantitative estimate of drug-likeness (QED) is 0.458. The Morgan fingerprint density at radius 2 is 1.74 bits per heavy atom. The van der Waals surface area contributed by atoms with Gasteiger partial charge in [0.2, 0.25) is 10.0 Å². The molecule has 1 saturated heterocycles. The molecule has 8 nitrogen and oxygen atoms in total. The first-order chi connectivity index (χ1) is 14.9. The number of nitrogens with zero attached hydrogens (tertiary/aromatic N) is 4. The average Bonchev–Trinajstić information content (AvgIpc) is 3.21. The minimum absolute atomic E-state index is 0.102. The predicted octanol–water partition coefficient (Wildman–Crippen LogP) is 3.72. The van der Waals surface area contributed by atoms with Crippen LogP contribution in [0.3, 0.4) is 0 Å². The molecule has 0 radical (unpaired) electrons. The minimum atomic E-state index is -3.88. The van der Waals surface area contributed by atoms with E-state index < -0.39 is 10.0 Å². The van der Waals surface area contributed by atoms with Crippen LogP contribution in [-0.4, -0.2) is 53.3 Å². The molecule has 0 aliphatic carbocycles. The lowest BCUT2D eigenvalue weighted by atomic mass is 10.2. The molecule has 0 saturated carbocycles. The SMILES string of the molecule is CC1CN(S(=O)(=O)c2c(Sc3cccc4cccnc34)ccc3nonc23)CC(C)O1. The Bertz CT molecular complexity index is 1360. The van der Waals surface area contributed by atoms with Gasteiger partial charge in [-0.2, -0.15) is 4.31 Å².